The molecular weight excluding hydrogens is 240 g/mol. The molecule has 1 aromatic rings. The number of rotatable bonds is 4. The highest BCUT2D eigenvalue weighted by Crippen LogP contribution is 2.23. The van der Waals surface area contributed by atoms with E-state index in [1.165, 1.54) is 11.1 Å². The van der Waals surface area contributed by atoms with Gasteiger partial charge in [-0.05, 0) is 30.0 Å². The zero-order valence-corrected chi connectivity index (χ0v) is 10.2. The van der Waals surface area contributed by atoms with Gasteiger partial charge in [0, 0.05) is 10.4 Å². The second-order valence-corrected chi connectivity index (χ2v) is 4.40. The maximum atomic E-state index is 10.6. The molecule has 1 atom stereocenters. The predicted octanol–water partition coefficient (Wildman–Crippen LogP) is 3.39. The van der Waals surface area contributed by atoms with E-state index in [0.29, 0.717) is 0 Å². The van der Waals surface area contributed by atoms with Gasteiger partial charge in [0.15, 0.2) is 0 Å². The van der Waals surface area contributed by atoms with Crippen LogP contribution in [0.1, 0.15) is 25.0 Å². The first-order valence-electron chi connectivity index (χ1n) is 4.90. The molecule has 0 N–H and O–H groups in total. The predicted molar refractivity (Wildman–Crippen MR) is 62.5 cm³/mol. The summed E-state index contributed by atoms with van der Waals surface area (Å²) in [5.74, 6) is 0.106. The van der Waals surface area contributed by atoms with Crippen molar-refractivity contribution in [3.8, 4) is 0 Å². The lowest BCUT2D eigenvalue weighted by molar-refractivity contribution is -0.110. The third-order valence-corrected chi connectivity index (χ3v) is 3.09. The fourth-order valence-corrected chi connectivity index (χ4v) is 2.27. The standard InChI is InChI=1S/C12H15BrO/c1-3-11-10(7-9(2)8-14)5-4-6-12(11)13/h4-6,8-9H,3,7H2,1-2H3. The van der Waals surface area contributed by atoms with E-state index in [2.05, 4.69) is 28.9 Å². The van der Waals surface area contributed by atoms with E-state index in [1.807, 2.05) is 19.1 Å². The minimum atomic E-state index is 0.106. The van der Waals surface area contributed by atoms with E-state index in [0.717, 1.165) is 23.6 Å². The summed E-state index contributed by atoms with van der Waals surface area (Å²) in [4.78, 5) is 10.6. The average Bonchev–Trinajstić information content (AvgIpc) is 2.18. The lowest BCUT2D eigenvalue weighted by atomic mass is 9.96. The molecule has 1 rings (SSSR count). The van der Waals surface area contributed by atoms with Gasteiger partial charge in [-0.2, -0.15) is 0 Å². The molecule has 0 aliphatic rings. The summed E-state index contributed by atoms with van der Waals surface area (Å²) >= 11 is 3.53. The molecule has 0 spiro atoms. The quantitative estimate of drug-likeness (QED) is 0.754. The van der Waals surface area contributed by atoms with Crippen LogP contribution in [0.3, 0.4) is 0 Å². The Morgan fingerprint density at radius 1 is 1.50 bits per heavy atom. The molecule has 1 aromatic carbocycles. The van der Waals surface area contributed by atoms with Crippen LogP contribution in [0.2, 0.25) is 0 Å². The van der Waals surface area contributed by atoms with Crippen molar-refractivity contribution in [1.29, 1.82) is 0 Å². The molecule has 0 aliphatic carbocycles. The SMILES string of the molecule is CCc1c(Br)cccc1CC(C)C=O. The summed E-state index contributed by atoms with van der Waals surface area (Å²) in [7, 11) is 0. The van der Waals surface area contributed by atoms with Crippen molar-refractivity contribution in [3.63, 3.8) is 0 Å². The van der Waals surface area contributed by atoms with Crippen LogP contribution in [0.15, 0.2) is 22.7 Å². The Kier molecular flexibility index (Phi) is 4.33. The molecule has 14 heavy (non-hydrogen) atoms. The summed E-state index contributed by atoms with van der Waals surface area (Å²) in [5.41, 5.74) is 2.60. The highest BCUT2D eigenvalue weighted by atomic mass is 79.9. The number of carbonyl (C=O) groups is 1. The lowest BCUT2D eigenvalue weighted by Crippen LogP contribution is -2.03. The van der Waals surface area contributed by atoms with Crippen LogP contribution < -0.4 is 0 Å². The van der Waals surface area contributed by atoms with Gasteiger partial charge in [0.1, 0.15) is 6.29 Å². The molecule has 0 amide bonds. The van der Waals surface area contributed by atoms with Crippen LogP contribution in [-0.4, -0.2) is 6.29 Å². The summed E-state index contributed by atoms with van der Waals surface area (Å²) in [6, 6.07) is 6.17. The first-order chi connectivity index (χ1) is 6.69. The third-order valence-electron chi connectivity index (χ3n) is 2.34. The van der Waals surface area contributed by atoms with Crippen LogP contribution in [0.4, 0.5) is 0 Å². The van der Waals surface area contributed by atoms with Crippen LogP contribution >= 0.6 is 15.9 Å². The molecule has 2 heteroatoms. The van der Waals surface area contributed by atoms with Gasteiger partial charge in [0.05, 0.1) is 0 Å². The summed E-state index contributed by atoms with van der Waals surface area (Å²) < 4.78 is 1.15. The molecule has 1 unspecified atom stereocenters. The maximum absolute atomic E-state index is 10.6. The van der Waals surface area contributed by atoms with Crippen molar-refractivity contribution in [1.82, 2.24) is 0 Å². The van der Waals surface area contributed by atoms with Crippen molar-refractivity contribution in [2.45, 2.75) is 26.7 Å². The Bertz CT molecular complexity index is 320. The zero-order valence-electron chi connectivity index (χ0n) is 8.59. The van der Waals surface area contributed by atoms with Gasteiger partial charge in [0.25, 0.3) is 0 Å². The van der Waals surface area contributed by atoms with E-state index >= 15 is 0 Å². The number of hydrogen-bond acceptors (Lipinski definition) is 1. The molecule has 1 nitrogen and oxygen atoms in total. The highest BCUT2D eigenvalue weighted by Gasteiger charge is 2.07. The summed E-state index contributed by atoms with van der Waals surface area (Å²) in [6.07, 6.45) is 2.86. The second kappa shape index (κ2) is 5.30. The molecule has 0 saturated heterocycles. The minimum absolute atomic E-state index is 0.106. The summed E-state index contributed by atoms with van der Waals surface area (Å²) in [6.45, 7) is 4.09. The van der Waals surface area contributed by atoms with Gasteiger partial charge in [-0.3, -0.25) is 0 Å². The molecule has 0 heterocycles. The molecule has 0 fully saturated rings. The van der Waals surface area contributed by atoms with Gasteiger partial charge >= 0.3 is 0 Å². The van der Waals surface area contributed by atoms with Crippen molar-refractivity contribution in [3.05, 3.63) is 33.8 Å². The first-order valence-corrected chi connectivity index (χ1v) is 5.69. The first kappa shape index (κ1) is 11.4. The van der Waals surface area contributed by atoms with E-state index in [9.17, 15) is 4.79 Å². The van der Waals surface area contributed by atoms with Crippen molar-refractivity contribution < 1.29 is 4.79 Å². The molecule has 76 valence electrons. The smallest absolute Gasteiger partial charge is 0.123 e. The topological polar surface area (TPSA) is 17.1 Å². The molecule has 0 aliphatic heterocycles. The van der Waals surface area contributed by atoms with E-state index < -0.39 is 0 Å². The zero-order chi connectivity index (χ0) is 10.6. The normalized spacial score (nSPS) is 12.5. The Morgan fingerprint density at radius 2 is 2.21 bits per heavy atom. The van der Waals surface area contributed by atoms with Gasteiger partial charge < -0.3 is 4.79 Å². The molecule has 0 aromatic heterocycles. The maximum Gasteiger partial charge on any atom is 0.123 e. The van der Waals surface area contributed by atoms with Gasteiger partial charge in [-0.1, -0.05) is 41.9 Å². The Morgan fingerprint density at radius 3 is 2.79 bits per heavy atom. The fourth-order valence-electron chi connectivity index (χ4n) is 1.59. The van der Waals surface area contributed by atoms with E-state index in [-0.39, 0.29) is 5.92 Å². The fraction of sp³-hybridized carbons (Fsp3) is 0.417. The van der Waals surface area contributed by atoms with Crippen LogP contribution in [0, 0.1) is 5.92 Å². The summed E-state index contributed by atoms with van der Waals surface area (Å²) in [5, 5.41) is 0. The van der Waals surface area contributed by atoms with Crippen LogP contribution in [0.5, 0.6) is 0 Å². The van der Waals surface area contributed by atoms with E-state index in [4.69, 9.17) is 0 Å². The van der Waals surface area contributed by atoms with Crippen LogP contribution in [0.25, 0.3) is 0 Å². The monoisotopic (exact) mass is 254 g/mol. The molecule has 0 bridgehead atoms. The van der Waals surface area contributed by atoms with Gasteiger partial charge in [-0.25, -0.2) is 0 Å². The van der Waals surface area contributed by atoms with Crippen molar-refractivity contribution >= 4 is 22.2 Å². The highest BCUT2D eigenvalue weighted by molar-refractivity contribution is 9.10. The number of benzene rings is 1. The van der Waals surface area contributed by atoms with Crippen molar-refractivity contribution in [2.75, 3.05) is 0 Å². The number of aldehydes is 1. The Labute approximate surface area is 93.7 Å². The van der Waals surface area contributed by atoms with Gasteiger partial charge in [-0.15, -0.1) is 0 Å². The molecular formula is C12H15BrO. The molecule has 0 radical (unpaired) electrons. The average molecular weight is 255 g/mol. The number of halogens is 1. The Balaban J connectivity index is 2.95. The third kappa shape index (κ3) is 2.68. The number of hydrogen-bond donors (Lipinski definition) is 0. The largest absolute Gasteiger partial charge is 0.303 e. The second-order valence-electron chi connectivity index (χ2n) is 3.55. The molecule has 0 saturated carbocycles. The van der Waals surface area contributed by atoms with E-state index in [1.54, 1.807) is 0 Å². The lowest BCUT2D eigenvalue weighted by Gasteiger charge is -2.11. The van der Waals surface area contributed by atoms with Crippen LogP contribution in [-0.2, 0) is 17.6 Å². The van der Waals surface area contributed by atoms with Gasteiger partial charge in [0.2, 0.25) is 0 Å². The van der Waals surface area contributed by atoms with Crippen molar-refractivity contribution in [2.24, 2.45) is 5.92 Å². The number of carbonyl (C=O) groups excluding carboxylic acids is 1. The minimum Gasteiger partial charge on any atom is -0.303 e. The Hall–Kier alpha value is -0.630.